The number of nitrogens with two attached hydrogens (primary N) is 1. The highest BCUT2D eigenvalue weighted by molar-refractivity contribution is 6.32. The van der Waals surface area contributed by atoms with Crippen molar-refractivity contribution < 1.29 is 167 Å². The molecule has 0 aliphatic carbocycles. The van der Waals surface area contributed by atoms with Gasteiger partial charge < -0.3 is 167 Å². The second-order valence-corrected chi connectivity index (χ2v) is 32.1. The Balaban J connectivity index is 1.05. The zero-order chi connectivity index (χ0) is 92.7. The number of aliphatic hydroxyl groups excluding tert-OH is 9. The number of benzene rings is 7. The first-order valence-corrected chi connectivity index (χ1v) is 40.8. The number of rotatable bonds is 16. The number of carbonyl (C=O) groups excluding carboxylic acids is 8. The van der Waals surface area contributed by atoms with Gasteiger partial charge in [0.25, 0.3) is 0 Å². The van der Waals surface area contributed by atoms with Crippen LogP contribution in [0.2, 0.25) is 10.0 Å². The number of hydrogen-bond acceptors (Lipinski definition) is 33. The molecule has 3 saturated heterocycles. The Kier molecular flexibility index (Phi) is 27.6. The number of halogens is 2. The summed E-state index contributed by atoms with van der Waals surface area (Å²) in [5.74, 6) is -22.3. The second-order valence-electron chi connectivity index (χ2n) is 31.3. The standard InChI is InChI=1S/C84H87Cl2N9O34/c1-3-4-5-6-54(103)90-62-67(107)69(109)73(81(119)120)129-83(62)128-72-50-22-35-23-51(72)123-47-14-10-33(20-42(47)86)71(127-82-61(88-29(2)98)66(106)64(104)52(27-96)125-82)63-79(116)94-60(80(117)118)40-25-37(100)26-49(124-84-70(110)68(108)65(105)53(28-97)126-84)55(40)39-19-32(9-11-44(39)101)57(76(113)95-63)92-78(115)59(35)93-77(114)58-34-17-36(99)24-38(18-34)121-48-21-31(8-12-45(48)102)56(87)75(112)89-43(74(111)91-58)16-30-7-13-46(122-50)41(85)15-30/h7-15,17-26,43,52-53,56-71,73,82-84,96-97,99-102,104-110H,3-6,16,27-28,87H2,1-2H3,(H,88,98)(H,89,112)(H,90,103)(H,91,111)(H,92,115)(H,93,114)(H,94,116)(H,95,113)(H,117,118)(H,119,120)/t43-,52-,53-,56-,57-,58+,59-,60+,61-,62-,63+,64-,65-,66-,67-,68+,69+,70+,71-,73+,82+,83-,84+/m1/s1. The summed E-state index contributed by atoms with van der Waals surface area (Å²) >= 11 is 14.6. The average Bonchev–Trinajstić information content (AvgIpc) is 0.753. The Morgan fingerprint density at radius 2 is 1.09 bits per heavy atom. The van der Waals surface area contributed by atoms with Gasteiger partial charge in [0, 0.05) is 48.6 Å². The van der Waals surface area contributed by atoms with Gasteiger partial charge in [0.1, 0.15) is 150 Å². The fourth-order valence-corrected chi connectivity index (χ4v) is 16.3. The Labute approximate surface area is 738 Å². The molecule has 9 aliphatic heterocycles. The summed E-state index contributed by atoms with van der Waals surface area (Å²) in [4.78, 5) is 151. The summed E-state index contributed by atoms with van der Waals surface area (Å²) in [7, 11) is 0. The van der Waals surface area contributed by atoms with Crippen LogP contribution in [0, 0.1) is 0 Å². The van der Waals surface area contributed by atoms with E-state index in [4.69, 9.17) is 71.6 Å². The fourth-order valence-electron chi connectivity index (χ4n) is 15.8. The number of phenols is 4. The predicted molar refractivity (Wildman–Crippen MR) is 435 cm³/mol. The number of fused-ring (bicyclic) bond motifs is 14. The number of hydrogen-bond donors (Lipinski definition) is 24. The van der Waals surface area contributed by atoms with E-state index in [1.54, 1.807) is 0 Å². The van der Waals surface area contributed by atoms with Gasteiger partial charge in [-0.3, -0.25) is 38.4 Å². The lowest BCUT2D eigenvalue weighted by Gasteiger charge is -2.44. The van der Waals surface area contributed by atoms with E-state index in [0.29, 0.717) is 12.8 Å². The molecule has 3 fully saturated rings. The third kappa shape index (κ3) is 19.4. The number of ether oxygens (including phenoxy) is 9. The first kappa shape index (κ1) is 92.6. The molecule has 23 atom stereocenters. The normalized spacial score (nSPS) is 29.2. The number of aliphatic hydroxyl groups is 9. The molecule has 8 amide bonds. The van der Waals surface area contributed by atoms with Gasteiger partial charge in [0.15, 0.2) is 41.4 Å². The number of carboxylic acids is 2. The summed E-state index contributed by atoms with van der Waals surface area (Å²) < 4.78 is 56.7. The summed E-state index contributed by atoms with van der Waals surface area (Å²) in [5, 5.41) is 189. The van der Waals surface area contributed by atoms with Gasteiger partial charge in [-0.15, -0.1) is 0 Å². The quantitative estimate of drug-likeness (QED) is 0.0552. The van der Waals surface area contributed by atoms with E-state index < -0.39 is 321 Å². The monoisotopic (exact) mass is 1840 g/mol. The first-order valence-electron chi connectivity index (χ1n) is 40.1. The van der Waals surface area contributed by atoms with Gasteiger partial charge in [-0.1, -0.05) is 67.2 Å². The third-order valence-corrected chi connectivity index (χ3v) is 23.0. The summed E-state index contributed by atoms with van der Waals surface area (Å²) in [5.41, 5.74) is 2.52. The molecule has 0 unspecified atom stereocenters. The maximum atomic E-state index is 17.0. The average molecular weight is 1840 g/mol. The maximum absolute atomic E-state index is 17.0. The lowest BCUT2D eigenvalue weighted by atomic mass is 9.89. The molecule has 0 saturated carbocycles. The van der Waals surface area contributed by atoms with Crippen LogP contribution < -0.4 is 72.0 Å². The first-order chi connectivity index (χ1) is 61.4. The van der Waals surface area contributed by atoms with Crippen LogP contribution in [0.15, 0.2) is 115 Å². The zero-order valence-electron chi connectivity index (χ0n) is 67.5. The molecular formula is C84H87Cl2N9O34. The molecule has 45 heteroatoms. The minimum absolute atomic E-state index is 0.0107. The smallest absolute Gasteiger partial charge is 0.335 e. The van der Waals surface area contributed by atoms with Crippen LogP contribution >= 0.6 is 23.2 Å². The van der Waals surface area contributed by atoms with Crippen molar-refractivity contribution in [2.75, 3.05) is 13.2 Å². The minimum Gasteiger partial charge on any atom is -0.508 e. The van der Waals surface area contributed by atoms with Gasteiger partial charge >= 0.3 is 11.9 Å². The largest absolute Gasteiger partial charge is 0.508 e. The van der Waals surface area contributed by atoms with Crippen LogP contribution in [-0.4, -0.2) is 253 Å². The van der Waals surface area contributed by atoms with E-state index in [9.17, 15) is 101 Å². The Hall–Kier alpha value is -12.5. The SMILES string of the molecule is CCCCCC(=O)N[C@H]1[C@H](Oc2c3cc4cc2Oc2ccc(cc2Cl)[C@@H](O[C@@H]2O[C@H](CO)[C@@H](O)[C@H](O)[C@H]2NC(C)=O)[C@@H]2NC(=O)[C@H](NC(=O)[C@@H]4NC(=O)[C@H]4NC(=O)[C@@H](Cc5ccc(c(Cl)c5)O3)NC(=O)[C@H](N)c3ccc(O)c(c3)Oc3cc(O)cc4c3)c3ccc(O)c(c3)-c3c(O[C@H]4O[C@H](CO)[C@@H](O)[C@H](O)[C@@H]4O)cc(O)cc3[C@@H](C(=O)O)NC2=O)O[C@H](C(=O)O)[C@@H](O)[C@@H]1O. The van der Waals surface area contributed by atoms with Gasteiger partial charge in [0.05, 0.1) is 23.3 Å². The molecule has 0 radical (unpaired) electrons. The fraction of sp³-hybridized carbons (Fsp3) is 0.381. The maximum Gasteiger partial charge on any atom is 0.335 e. The zero-order valence-corrected chi connectivity index (χ0v) is 69.0. The van der Waals surface area contributed by atoms with Crippen molar-refractivity contribution in [3.8, 4) is 80.1 Å². The van der Waals surface area contributed by atoms with Crippen molar-refractivity contribution in [2.45, 2.75) is 186 Å². The van der Waals surface area contributed by atoms with Crippen LogP contribution in [-0.2, 0) is 73.3 Å². The van der Waals surface area contributed by atoms with Gasteiger partial charge in [0.2, 0.25) is 65.6 Å². The number of carboxylic acid groups (broad SMARTS) is 2. The molecule has 9 aliphatic rings. The van der Waals surface area contributed by atoms with Crippen LogP contribution in [0.4, 0.5) is 0 Å². The van der Waals surface area contributed by atoms with Crippen LogP contribution in [0.25, 0.3) is 11.1 Å². The number of aromatic hydroxyl groups is 4. The third-order valence-electron chi connectivity index (χ3n) is 22.4. The summed E-state index contributed by atoms with van der Waals surface area (Å²) in [6.07, 6.45) is -29.7. The van der Waals surface area contributed by atoms with Crippen molar-refractivity contribution in [3.05, 3.63) is 164 Å². The number of nitrogens with one attached hydrogen (secondary N) is 8. The number of unbranched alkanes of at least 4 members (excludes halogenated alkanes) is 2. The van der Waals surface area contributed by atoms with Crippen molar-refractivity contribution >= 4 is 82.4 Å². The Morgan fingerprint density at radius 1 is 0.504 bits per heavy atom. The van der Waals surface area contributed by atoms with E-state index in [1.807, 2.05) is 6.92 Å². The van der Waals surface area contributed by atoms with Gasteiger partial charge in [-0.2, -0.15) is 0 Å². The second kappa shape index (κ2) is 38.4. The molecule has 7 aromatic carbocycles. The molecule has 17 bridgehead atoms. The van der Waals surface area contributed by atoms with Crippen molar-refractivity contribution in [1.82, 2.24) is 42.5 Å². The lowest BCUT2D eigenvalue weighted by Crippen LogP contribution is -2.66. The molecule has 9 heterocycles. The minimum atomic E-state index is -2.62. The van der Waals surface area contributed by atoms with Gasteiger partial charge in [-0.25, -0.2) is 9.59 Å². The molecule has 16 rings (SSSR count). The summed E-state index contributed by atoms with van der Waals surface area (Å²) in [6, 6.07) is -0.329. The molecule has 0 spiro atoms. The predicted octanol–water partition coefficient (Wildman–Crippen LogP) is -0.304. The van der Waals surface area contributed by atoms with E-state index in [1.165, 1.54) is 30.3 Å². The Morgan fingerprint density at radius 3 is 1.73 bits per heavy atom. The van der Waals surface area contributed by atoms with Crippen molar-refractivity contribution in [1.29, 1.82) is 0 Å². The van der Waals surface area contributed by atoms with Crippen molar-refractivity contribution in [3.63, 3.8) is 0 Å². The van der Waals surface area contributed by atoms with Crippen LogP contribution in [0.5, 0.6) is 69.0 Å². The van der Waals surface area contributed by atoms with Crippen LogP contribution in [0.1, 0.15) is 115 Å². The van der Waals surface area contributed by atoms with E-state index in [2.05, 4.69) is 42.5 Å². The molecule has 25 N–H and O–H groups in total. The van der Waals surface area contributed by atoms with Crippen LogP contribution in [0.3, 0.4) is 0 Å². The van der Waals surface area contributed by atoms with Gasteiger partial charge in [-0.05, 0) is 119 Å². The molecule has 7 aromatic rings. The number of phenolic OH excluding ortho intramolecular Hbond substituents is 4. The molecular weight excluding hydrogens is 1750 g/mol. The Bertz CT molecular complexity index is 5560. The lowest BCUT2D eigenvalue weighted by molar-refractivity contribution is -0.284. The summed E-state index contributed by atoms with van der Waals surface area (Å²) in [6.45, 7) is 0.647. The van der Waals surface area contributed by atoms with E-state index in [-0.39, 0.29) is 40.5 Å². The highest BCUT2D eigenvalue weighted by atomic mass is 35.5. The van der Waals surface area contributed by atoms with E-state index in [0.717, 1.165) is 91.9 Å². The number of amides is 8. The molecule has 686 valence electrons. The van der Waals surface area contributed by atoms with E-state index >= 15 is 24.0 Å². The number of aliphatic carboxylic acids is 2. The highest BCUT2D eigenvalue weighted by Gasteiger charge is 2.53. The number of carbonyl (C=O) groups is 10. The molecule has 129 heavy (non-hydrogen) atoms. The highest BCUT2D eigenvalue weighted by Crippen LogP contribution is 2.51. The molecule has 43 nitrogen and oxygen atoms in total. The molecule has 0 aromatic heterocycles. The topological polar surface area (TPSA) is 679 Å². The van der Waals surface area contributed by atoms with Crippen molar-refractivity contribution in [2.24, 2.45) is 5.73 Å².